The third-order valence-electron chi connectivity index (χ3n) is 4.15. The normalized spacial score (nSPS) is 9.96. The molecule has 0 aromatic heterocycles. The van der Waals surface area contributed by atoms with Crippen LogP contribution in [0, 0.1) is 11.3 Å². The predicted octanol–water partition coefficient (Wildman–Crippen LogP) is 2.67. The van der Waals surface area contributed by atoms with E-state index in [0.717, 1.165) is 17.7 Å². The van der Waals surface area contributed by atoms with Crippen LogP contribution in [0.1, 0.15) is 24.5 Å². The number of nitrogens with zero attached hydrogens (tertiary/aromatic N) is 2. The summed E-state index contributed by atoms with van der Waals surface area (Å²) < 4.78 is 5.12. The van der Waals surface area contributed by atoms with Crippen molar-refractivity contribution in [3.8, 4) is 11.8 Å². The molecule has 140 valence electrons. The van der Waals surface area contributed by atoms with Gasteiger partial charge < -0.3 is 15.0 Å². The van der Waals surface area contributed by atoms with E-state index in [4.69, 9.17) is 10.00 Å². The highest BCUT2D eigenvalue weighted by molar-refractivity contribution is 5.92. The molecule has 1 N–H and O–H groups in total. The average molecular weight is 365 g/mol. The van der Waals surface area contributed by atoms with Gasteiger partial charge in [0.25, 0.3) is 0 Å². The lowest BCUT2D eigenvalue weighted by Crippen LogP contribution is -2.34. The molecule has 6 heteroatoms. The quantitative estimate of drug-likeness (QED) is 0.780. The lowest BCUT2D eigenvalue weighted by atomic mass is 10.1. The topological polar surface area (TPSA) is 82.4 Å². The van der Waals surface area contributed by atoms with Crippen molar-refractivity contribution < 1.29 is 14.3 Å². The third-order valence-corrected chi connectivity index (χ3v) is 4.15. The van der Waals surface area contributed by atoms with E-state index in [1.807, 2.05) is 30.3 Å². The van der Waals surface area contributed by atoms with Crippen LogP contribution in [-0.4, -0.2) is 32.0 Å². The van der Waals surface area contributed by atoms with Gasteiger partial charge in [0.1, 0.15) is 5.75 Å². The minimum Gasteiger partial charge on any atom is -0.497 e. The molecule has 27 heavy (non-hydrogen) atoms. The van der Waals surface area contributed by atoms with Gasteiger partial charge in [-0.05, 0) is 48.4 Å². The number of nitriles is 1. The summed E-state index contributed by atoms with van der Waals surface area (Å²) >= 11 is 0. The number of benzene rings is 2. The molecule has 0 heterocycles. The van der Waals surface area contributed by atoms with Crippen LogP contribution in [-0.2, 0) is 16.0 Å². The summed E-state index contributed by atoms with van der Waals surface area (Å²) in [7, 11) is 1.62. The van der Waals surface area contributed by atoms with Crippen molar-refractivity contribution in [3.05, 3.63) is 59.7 Å². The molecule has 0 bridgehead atoms. The van der Waals surface area contributed by atoms with Crippen LogP contribution < -0.4 is 15.0 Å². The Hall–Kier alpha value is -3.33. The summed E-state index contributed by atoms with van der Waals surface area (Å²) in [6.45, 7) is 2.28. The Morgan fingerprint density at radius 1 is 1.11 bits per heavy atom. The lowest BCUT2D eigenvalue weighted by Gasteiger charge is -2.21. The molecule has 0 atom stereocenters. The van der Waals surface area contributed by atoms with Crippen molar-refractivity contribution in [3.63, 3.8) is 0 Å². The maximum Gasteiger partial charge on any atom is 0.223 e. The molecule has 2 aromatic rings. The maximum absolute atomic E-state index is 12.1. The van der Waals surface area contributed by atoms with Crippen LogP contribution in [0.4, 0.5) is 5.69 Å². The first-order valence-electron chi connectivity index (χ1n) is 8.71. The SMILES string of the molecule is COc1ccc(CCNC(=O)CCN(C(C)=O)c2ccc(C#N)cc2)cc1. The molecule has 0 saturated carbocycles. The number of carbonyl (C=O) groups is 2. The van der Waals surface area contributed by atoms with Gasteiger partial charge in [-0.15, -0.1) is 0 Å². The fraction of sp³-hybridized carbons (Fsp3) is 0.286. The molecular weight excluding hydrogens is 342 g/mol. The fourth-order valence-electron chi connectivity index (χ4n) is 2.62. The van der Waals surface area contributed by atoms with Crippen LogP contribution >= 0.6 is 0 Å². The summed E-state index contributed by atoms with van der Waals surface area (Å²) in [5, 5.41) is 11.7. The van der Waals surface area contributed by atoms with Crippen LogP contribution in [0.5, 0.6) is 5.75 Å². The van der Waals surface area contributed by atoms with Gasteiger partial charge in [0.15, 0.2) is 0 Å². The number of carbonyl (C=O) groups excluding carboxylic acids is 2. The number of methoxy groups -OCH3 is 1. The first kappa shape index (κ1) is 20.0. The number of amides is 2. The van der Waals surface area contributed by atoms with E-state index in [0.29, 0.717) is 17.8 Å². The van der Waals surface area contributed by atoms with Gasteiger partial charge in [-0.25, -0.2) is 0 Å². The minimum atomic E-state index is -0.147. The van der Waals surface area contributed by atoms with Crippen LogP contribution in [0.15, 0.2) is 48.5 Å². The van der Waals surface area contributed by atoms with Gasteiger partial charge in [-0.2, -0.15) is 5.26 Å². The molecule has 0 unspecified atom stereocenters. The average Bonchev–Trinajstić information content (AvgIpc) is 2.69. The standard InChI is InChI=1S/C21H23N3O3/c1-16(25)24(19-7-3-18(15-22)4-8-19)14-12-21(26)23-13-11-17-5-9-20(27-2)10-6-17/h3-10H,11-14H2,1-2H3,(H,23,26). The molecule has 0 saturated heterocycles. The molecule has 0 spiro atoms. The number of nitrogens with one attached hydrogen (secondary N) is 1. The second kappa shape index (κ2) is 9.97. The van der Waals surface area contributed by atoms with E-state index in [1.54, 1.807) is 31.4 Å². The molecule has 2 rings (SSSR count). The summed E-state index contributed by atoms with van der Waals surface area (Å²) in [4.78, 5) is 25.5. The summed E-state index contributed by atoms with van der Waals surface area (Å²) in [6.07, 6.45) is 0.934. The highest BCUT2D eigenvalue weighted by Gasteiger charge is 2.13. The Labute approximate surface area is 159 Å². The lowest BCUT2D eigenvalue weighted by molar-refractivity contribution is -0.121. The largest absolute Gasteiger partial charge is 0.497 e. The number of hydrogen-bond acceptors (Lipinski definition) is 4. The summed E-state index contributed by atoms with van der Waals surface area (Å²) in [5.74, 6) is 0.545. The first-order valence-corrected chi connectivity index (χ1v) is 8.71. The number of anilines is 1. The van der Waals surface area contributed by atoms with Crippen molar-refractivity contribution in [2.75, 3.05) is 25.1 Å². The number of ether oxygens (including phenoxy) is 1. The molecule has 6 nitrogen and oxygen atoms in total. The zero-order chi connectivity index (χ0) is 19.6. The van der Waals surface area contributed by atoms with Crippen molar-refractivity contribution >= 4 is 17.5 Å². The second-order valence-electron chi connectivity index (χ2n) is 6.03. The highest BCUT2D eigenvalue weighted by atomic mass is 16.5. The minimum absolute atomic E-state index is 0.108. The number of rotatable bonds is 8. The van der Waals surface area contributed by atoms with Gasteiger partial charge in [-0.3, -0.25) is 9.59 Å². The van der Waals surface area contributed by atoms with Gasteiger partial charge >= 0.3 is 0 Å². The number of hydrogen-bond donors (Lipinski definition) is 1. The van der Waals surface area contributed by atoms with Crippen molar-refractivity contribution in [1.29, 1.82) is 5.26 Å². The Morgan fingerprint density at radius 2 is 1.78 bits per heavy atom. The third kappa shape index (κ3) is 6.15. The van der Waals surface area contributed by atoms with Crippen LogP contribution in [0.2, 0.25) is 0 Å². The van der Waals surface area contributed by atoms with Crippen molar-refractivity contribution in [2.24, 2.45) is 0 Å². The first-order chi connectivity index (χ1) is 13.0. The van der Waals surface area contributed by atoms with Gasteiger partial charge in [0.05, 0.1) is 18.7 Å². The monoisotopic (exact) mass is 365 g/mol. The zero-order valence-electron chi connectivity index (χ0n) is 15.6. The molecule has 0 aliphatic heterocycles. The van der Waals surface area contributed by atoms with Crippen molar-refractivity contribution in [2.45, 2.75) is 19.8 Å². The summed E-state index contributed by atoms with van der Waals surface area (Å²) in [6, 6.07) is 16.5. The van der Waals surface area contributed by atoms with E-state index >= 15 is 0 Å². The Bertz CT molecular complexity index is 808. The van der Waals surface area contributed by atoms with Crippen molar-refractivity contribution in [1.82, 2.24) is 5.32 Å². The predicted molar refractivity (Wildman–Crippen MR) is 104 cm³/mol. The van der Waals surface area contributed by atoms with Gasteiger partial charge in [-0.1, -0.05) is 12.1 Å². The smallest absolute Gasteiger partial charge is 0.223 e. The molecule has 0 aliphatic carbocycles. The molecule has 0 fully saturated rings. The van der Waals surface area contributed by atoms with E-state index in [1.165, 1.54) is 11.8 Å². The molecule has 0 aliphatic rings. The molecular formula is C21H23N3O3. The van der Waals surface area contributed by atoms with Gasteiger partial charge in [0.2, 0.25) is 11.8 Å². The Kier molecular flexibility index (Phi) is 7.38. The van der Waals surface area contributed by atoms with E-state index in [2.05, 4.69) is 5.32 Å². The second-order valence-corrected chi connectivity index (χ2v) is 6.03. The Balaban J connectivity index is 1.81. The van der Waals surface area contributed by atoms with E-state index in [-0.39, 0.29) is 24.8 Å². The van der Waals surface area contributed by atoms with E-state index < -0.39 is 0 Å². The Morgan fingerprint density at radius 3 is 2.33 bits per heavy atom. The fourth-order valence-corrected chi connectivity index (χ4v) is 2.62. The summed E-state index contributed by atoms with van der Waals surface area (Å²) in [5.41, 5.74) is 2.31. The maximum atomic E-state index is 12.1. The van der Waals surface area contributed by atoms with Gasteiger partial charge in [0, 0.05) is 32.1 Å². The molecule has 0 radical (unpaired) electrons. The van der Waals surface area contributed by atoms with Crippen LogP contribution in [0.25, 0.3) is 0 Å². The highest BCUT2D eigenvalue weighted by Crippen LogP contribution is 2.16. The molecule has 2 amide bonds. The van der Waals surface area contributed by atoms with E-state index in [9.17, 15) is 9.59 Å². The van der Waals surface area contributed by atoms with Crippen LogP contribution in [0.3, 0.4) is 0 Å². The molecule has 2 aromatic carbocycles. The zero-order valence-corrected chi connectivity index (χ0v) is 15.6.